The van der Waals surface area contributed by atoms with Gasteiger partial charge in [0.2, 0.25) is 0 Å². The lowest BCUT2D eigenvalue weighted by Gasteiger charge is -2.30. The average molecular weight is 237 g/mol. The van der Waals surface area contributed by atoms with Crippen molar-refractivity contribution in [1.29, 1.82) is 5.26 Å². The third-order valence-corrected chi connectivity index (χ3v) is 3.43. The Morgan fingerprint density at radius 3 is 2.81 bits per heavy atom. The van der Waals surface area contributed by atoms with Gasteiger partial charge in [-0.3, -0.25) is 4.90 Å². The number of hydrogen-bond acceptors (Lipinski definition) is 4. The van der Waals surface area contributed by atoms with Crippen molar-refractivity contribution in [2.24, 2.45) is 11.7 Å². The van der Waals surface area contributed by atoms with Crippen LogP contribution in [-0.2, 0) is 0 Å². The number of nitrogens with zero attached hydrogens (tertiary/aromatic N) is 2. The van der Waals surface area contributed by atoms with E-state index in [2.05, 4.69) is 34.7 Å². The van der Waals surface area contributed by atoms with E-state index in [1.807, 2.05) is 6.92 Å². The summed E-state index contributed by atoms with van der Waals surface area (Å²) < 4.78 is 0. The number of nitrogens with two attached hydrogens (primary N) is 1. The van der Waals surface area contributed by atoms with Gasteiger partial charge in [-0.05, 0) is 35.9 Å². The molecule has 1 aromatic rings. The molecule has 0 aromatic carbocycles. The van der Waals surface area contributed by atoms with Crippen LogP contribution in [0.3, 0.4) is 0 Å². The predicted molar refractivity (Wildman–Crippen MR) is 68.1 cm³/mol. The molecule has 0 radical (unpaired) electrons. The normalized spacial score (nSPS) is 14.7. The van der Waals surface area contributed by atoms with E-state index < -0.39 is 0 Å². The molecule has 0 aliphatic rings. The molecule has 0 bridgehead atoms. The Morgan fingerprint density at radius 1 is 1.62 bits per heavy atom. The molecule has 0 saturated heterocycles. The third kappa shape index (κ3) is 3.31. The fourth-order valence-corrected chi connectivity index (χ4v) is 2.54. The quantitative estimate of drug-likeness (QED) is 0.825. The first-order chi connectivity index (χ1) is 7.72. The van der Waals surface area contributed by atoms with Gasteiger partial charge < -0.3 is 5.73 Å². The van der Waals surface area contributed by atoms with Crippen molar-refractivity contribution in [3.63, 3.8) is 0 Å². The highest BCUT2D eigenvalue weighted by Gasteiger charge is 2.19. The smallest absolute Gasteiger partial charge is 0.0666 e. The zero-order valence-electron chi connectivity index (χ0n) is 9.89. The largest absolute Gasteiger partial charge is 0.329 e. The monoisotopic (exact) mass is 237 g/mol. The van der Waals surface area contributed by atoms with E-state index in [9.17, 15) is 0 Å². The zero-order chi connectivity index (χ0) is 12.0. The molecule has 4 heteroatoms. The summed E-state index contributed by atoms with van der Waals surface area (Å²) >= 11 is 1.69. The van der Waals surface area contributed by atoms with Crippen LogP contribution in [0, 0.1) is 17.2 Å². The predicted octanol–water partition coefficient (Wildman–Crippen LogP) is 2.23. The number of thiophene rings is 1. The van der Waals surface area contributed by atoms with Gasteiger partial charge in [-0.15, -0.1) is 0 Å². The van der Waals surface area contributed by atoms with Gasteiger partial charge in [0, 0.05) is 19.1 Å². The molecule has 0 aliphatic carbocycles. The molecular weight excluding hydrogens is 218 g/mol. The van der Waals surface area contributed by atoms with Crippen LogP contribution < -0.4 is 5.73 Å². The molecule has 1 heterocycles. The SMILES string of the molecule is CCN(CC(C)C#N)C(CN)c1ccsc1. The van der Waals surface area contributed by atoms with E-state index in [0.29, 0.717) is 6.54 Å². The second kappa shape index (κ2) is 6.64. The second-order valence-corrected chi connectivity index (χ2v) is 4.71. The summed E-state index contributed by atoms with van der Waals surface area (Å²) in [6.45, 7) is 6.36. The number of rotatable bonds is 6. The highest BCUT2D eigenvalue weighted by molar-refractivity contribution is 7.07. The summed E-state index contributed by atoms with van der Waals surface area (Å²) in [4.78, 5) is 2.27. The van der Waals surface area contributed by atoms with Crippen molar-refractivity contribution in [3.05, 3.63) is 22.4 Å². The lowest BCUT2D eigenvalue weighted by Crippen LogP contribution is -2.36. The number of nitriles is 1. The Bertz CT molecular complexity index is 329. The minimum atomic E-state index is 0.0487. The average Bonchev–Trinajstić information content (AvgIpc) is 2.82. The molecule has 2 atom stereocenters. The van der Waals surface area contributed by atoms with E-state index in [0.717, 1.165) is 13.1 Å². The first-order valence-corrected chi connectivity index (χ1v) is 6.53. The van der Waals surface area contributed by atoms with Crippen LogP contribution >= 0.6 is 11.3 Å². The molecule has 1 aromatic heterocycles. The van der Waals surface area contributed by atoms with Gasteiger partial charge in [0.05, 0.1) is 12.0 Å². The molecule has 0 spiro atoms. The highest BCUT2D eigenvalue weighted by atomic mass is 32.1. The van der Waals surface area contributed by atoms with Crippen LogP contribution in [0.2, 0.25) is 0 Å². The molecule has 2 unspecified atom stereocenters. The van der Waals surface area contributed by atoms with Crippen molar-refractivity contribution in [2.45, 2.75) is 19.9 Å². The van der Waals surface area contributed by atoms with E-state index in [1.165, 1.54) is 5.56 Å². The summed E-state index contributed by atoms with van der Waals surface area (Å²) in [5.74, 6) is 0.0487. The van der Waals surface area contributed by atoms with Gasteiger partial charge in [-0.1, -0.05) is 6.92 Å². The fourth-order valence-electron chi connectivity index (χ4n) is 1.83. The lowest BCUT2D eigenvalue weighted by atomic mass is 10.1. The molecule has 3 nitrogen and oxygen atoms in total. The molecule has 0 aliphatic heterocycles. The van der Waals surface area contributed by atoms with E-state index in [4.69, 9.17) is 11.0 Å². The van der Waals surface area contributed by atoms with Crippen molar-refractivity contribution < 1.29 is 0 Å². The topological polar surface area (TPSA) is 53.0 Å². The Hall–Kier alpha value is -0.890. The lowest BCUT2D eigenvalue weighted by molar-refractivity contribution is 0.198. The van der Waals surface area contributed by atoms with Gasteiger partial charge in [0.25, 0.3) is 0 Å². The molecule has 16 heavy (non-hydrogen) atoms. The van der Waals surface area contributed by atoms with Crippen LogP contribution in [0.1, 0.15) is 25.5 Å². The van der Waals surface area contributed by atoms with Gasteiger partial charge in [0.15, 0.2) is 0 Å². The summed E-state index contributed by atoms with van der Waals surface area (Å²) in [6, 6.07) is 4.63. The Labute approximate surface area is 101 Å². The zero-order valence-corrected chi connectivity index (χ0v) is 10.7. The summed E-state index contributed by atoms with van der Waals surface area (Å²) in [7, 11) is 0. The van der Waals surface area contributed by atoms with E-state index in [1.54, 1.807) is 11.3 Å². The van der Waals surface area contributed by atoms with Crippen LogP contribution in [-0.4, -0.2) is 24.5 Å². The van der Waals surface area contributed by atoms with Crippen LogP contribution in [0.15, 0.2) is 16.8 Å². The van der Waals surface area contributed by atoms with Crippen LogP contribution in [0.5, 0.6) is 0 Å². The second-order valence-electron chi connectivity index (χ2n) is 3.93. The molecular formula is C12H19N3S. The maximum atomic E-state index is 8.86. The molecule has 0 amide bonds. The van der Waals surface area contributed by atoms with Crippen LogP contribution in [0.25, 0.3) is 0 Å². The summed E-state index contributed by atoms with van der Waals surface area (Å²) in [5, 5.41) is 13.1. The highest BCUT2D eigenvalue weighted by Crippen LogP contribution is 2.22. The van der Waals surface area contributed by atoms with Gasteiger partial charge >= 0.3 is 0 Å². The van der Waals surface area contributed by atoms with Gasteiger partial charge in [-0.25, -0.2) is 0 Å². The maximum Gasteiger partial charge on any atom is 0.0666 e. The fraction of sp³-hybridized carbons (Fsp3) is 0.583. The Balaban J connectivity index is 2.73. The first kappa shape index (κ1) is 13.2. The van der Waals surface area contributed by atoms with E-state index in [-0.39, 0.29) is 12.0 Å². The van der Waals surface area contributed by atoms with Crippen molar-refractivity contribution >= 4 is 11.3 Å². The molecule has 88 valence electrons. The Kier molecular flexibility index (Phi) is 5.47. The van der Waals surface area contributed by atoms with Gasteiger partial charge in [-0.2, -0.15) is 16.6 Å². The van der Waals surface area contributed by atoms with E-state index >= 15 is 0 Å². The van der Waals surface area contributed by atoms with Crippen molar-refractivity contribution in [1.82, 2.24) is 4.90 Å². The van der Waals surface area contributed by atoms with Crippen molar-refractivity contribution in [2.75, 3.05) is 19.6 Å². The minimum Gasteiger partial charge on any atom is -0.329 e. The maximum absolute atomic E-state index is 8.86. The summed E-state index contributed by atoms with van der Waals surface area (Å²) in [6.07, 6.45) is 0. The third-order valence-electron chi connectivity index (χ3n) is 2.73. The Morgan fingerprint density at radius 2 is 2.38 bits per heavy atom. The van der Waals surface area contributed by atoms with Crippen molar-refractivity contribution in [3.8, 4) is 6.07 Å². The molecule has 1 rings (SSSR count). The molecule has 0 fully saturated rings. The molecule has 0 saturated carbocycles. The minimum absolute atomic E-state index is 0.0487. The first-order valence-electron chi connectivity index (χ1n) is 5.58. The number of hydrogen-bond donors (Lipinski definition) is 1. The standard InChI is InChI=1S/C12H19N3S/c1-3-15(8-10(2)6-13)12(7-14)11-4-5-16-9-11/h4-5,9-10,12H,3,7-8,14H2,1-2H3. The van der Waals surface area contributed by atoms with Gasteiger partial charge in [0.1, 0.15) is 0 Å². The van der Waals surface area contributed by atoms with Crippen LogP contribution in [0.4, 0.5) is 0 Å². The summed E-state index contributed by atoms with van der Waals surface area (Å²) in [5.41, 5.74) is 7.10. The number of likely N-dealkylation sites (N-methyl/N-ethyl adjacent to an activating group) is 1. The molecule has 2 N–H and O–H groups in total.